The van der Waals surface area contributed by atoms with Gasteiger partial charge in [-0.3, -0.25) is 4.79 Å². The molecular weight excluding hydrogens is 402 g/mol. The van der Waals surface area contributed by atoms with E-state index in [9.17, 15) is 4.79 Å². The third kappa shape index (κ3) is 3.28. The van der Waals surface area contributed by atoms with Crippen LogP contribution in [0.1, 0.15) is 23.5 Å². The van der Waals surface area contributed by atoms with Crippen LogP contribution in [0.5, 0.6) is 0 Å². The Morgan fingerprint density at radius 1 is 1.37 bits per heavy atom. The van der Waals surface area contributed by atoms with Crippen molar-refractivity contribution in [1.82, 2.24) is 29.6 Å². The maximum atomic E-state index is 13.0. The molecule has 4 aromatic rings. The van der Waals surface area contributed by atoms with E-state index in [0.29, 0.717) is 11.2 Å². The fourth-order valence-corrected chi connectivity index (χ4v) is 4.82. The number of hydrogen-bond acceptors (Lipinski definition) is 8. The number of nitrogens with two attached hydrogens (primary N) is 1. The van der Waals surface area contributed by atoms with Gasteiger partial charge in [-0.25, -0.2) is 9.67 Å². The van der Waals surface area contributed by atoms with E-state index < -0.39 is 0 Å². The van der Waals surface area contributed by atoms with Crippen molar-refractivity contribution >= 4 is 38.6 Å². The molecule has 0 saturated carbocycles. The molecule has 0 atom stereocenters. The summed E-state index contributed by atoms with van der Waals surface area (Å²) in [4.78, 5) is 21.9. The SMILES string of the molecule is Cn1c2nc(CC3=C/CCCN/C=C\3)sc2c2cnn(Cc3coc(N)n3)c(=O)c21. The molecule has 0 radical (unpaired) electrons. The highest BCUT2D eigenvalue weighted by Gasteiger charge is 2.19. The number of fused-ring (bicyclic) bond motifs is 3. The van der Waals surface area contributed by atoms with E-state index in [4.69, 9.17) is 15.1 Å². The Balaban J connectivity index is 1.51. The number of rotatable bonds is 4. The van der Waals surface area contributed by atoms with E-state index in [1.807, 2.05) is 17.8 Å². The first kappa shape index (κ1) is 18.6. The minimum absolute atomic E-state index is 0.0697. The molecular formula is C20H21N7O2S. The van der Waals surface area contributed by atoms with Crippen LogP contribution in [0, 0.1) is 0 Å². The number of hydrogen-bond donors (Lipinski definition) is 2. The Bertz CT molecular complexity index is 1350. The molecule has 0 saturated heterocycles. The summed E-state index contributed by atoms with van der Waals surface area (Å²) in [7, 11) is 1.87. The van der Waals surface area contributed by atoms with Crippen LogP contribution in [-0.2, 0) is 20.0 Å². The van der Waals surface area contributed by atoms with Gasteiger partial charge in [-0.05, 0) is 30.7 Å². The average Bonchev–Trinajstić information content (AvgIpc) is 3.36. The van der Waals surface area contributed by atoms with Gasteiger partial charge in [-0.1, -0.05) is 6.08 Å². The van der Waals surface area contributed by atoms with Crippen molar-refractivity contribution in [2.75, 3.05) is 12.3 Å². The number of aryl methyl sites for hydroxylation is 1. The smallest absolute Gasteiger partial charge is 0.292 e. The molecule has 154 valence electrons. The zero-order valence-corrected chi connectivity index (χ0v) is 17.3. The minimum Gasteiger partial charge on any atom is -0.432 e. The lowest BCUT2D eigenvalue weighted by Crippen LogP contribution is -2.24. The molecule has 30 heavy (non-hydrogen) atoms. The van der Waals surface area contributed by atoms with Gasteiger partial charge >= 0.3 is 0 Å². The molecule has 0 fully saturated rings. The molecule has 0 spiro atoms. The van der Waals surface area contributed by atoms with Gasteiger partial charge in [0.15, 0.2) is 5.65 Å². The normalized spacial score (nSPS) is 17.4. The van der Waals surface area contributed by atoms with Gasteiger partial charge in [0.2, 0.25) is 0 Å². The van der Waals surface area contributed by atoms with Crippen molar-refractivity contribution in [3.63, 3.8) is 0 Å². The van der Waals surface area contributed by atoms with Gasteiger partial charge in [0, 0.05) is 25.4 Å². The van der Waals surface area contributed by atoms with Crippen molar-refractivity contribution < 1.29 is 4.42 Å². The van der Waals surface area contributed by atoms with Gasteiger partial charge in [0.05, 0.1) is 17.4 Å². The fraction of sp³-hybridized carbons (Fsp3) is 0.300. The zero-order valence-electron chi connectivity index (χ0n) is 16.5. The summed E-state index contributed by atoms with van der Waals surface area (Å²) in [6, 6.07) is 0.0697. The van der Waals surface area contributed by atoms with Gasteiger partial charge in [0.1, 0.15) is 22.5 Å². The summed E-state index contributed by atoms with van der Waals surface area (Å²) in [6.07, 6.45) is 12.5. The first-order valence-electron chi connectivity index (χ1n) is 9.73. The van der Waals surface area contributed by atoms with Crippen LogP contribution < -0.4 is 16.6 Å². The second kappa shape index (κ2) is 7.45. The lowest BCUT2D eigenvalue weighted by molar-refractivity contribution is 0.572. The third-order valence-corrected chi connectivity index (χ3v) is 6.23. The number of nitrogens with zero attached hydrogens (tertiary/aromatic N) is 5. The number of allylic oxidation sites excluding steroid dienone is 3. The molecule has 1 aliphatic rings. The highest BCUT2D eigenvalue weighted by atomic mass is 32.1. The zero-order chi connectivity index (χ0) is 20.7. The Hall–Kier alpha value is -3.40. The Morgan fingerprint density at radius 3 is 3.10 bits per heavy atom. The Kier molecular flexibility index (Phi) is 4.62. The predicted molar refractivity (Wildman–Crippen MR) is 116 cm³/mol. The molecule has 0 amide bonds. The number of thiazole rings is 1. The van der Waals surface area contributed by atoms with Crippen molar-refractivity contribution in [3.05, 3.63) is 57.4 Å². The number of nitrogens with one attached hydrogen (secondary N) is 1. The summed E-state index contributed by atoms with van der Waals surface area (Å²) in [5.41, 5.74) is 8.50. The molecule has 5 heterocycles. The molecule has 1 aliphatic heterocycles. The highest BCUT2D eigenvalue weighted by molar-refractivity contribution is 7.19. The van der Waals surface area contributed by atoms with Crippen molar-refractivity contribution in [2.45, 2.75) is 25.8 Å². The predicted octanol–water partition coefficient (Wildman–Crippen LogP) is 2.33. The van der Waals surface area contributed by atoms with Gasteiger partial charge in [-0.2, -0.15) is 10.1 Å². The molecule has 9 nitrogen and oxygen atoms in total. The molecule has 4 aromatic heterocycles. The summed E-state index contributed by atoms with van der Waals surface area (Å²) in [6.45, 7) is 1.20. The van der Waals surface area contributed by atoms with Crippen LogP contribution in [0.3, 0.4) is 0 Å². The summed E-state index contributed by atoms with van der Waals surface area (Å²) >= 11 is 1.62. The molecule has 0 unspecified atom stereocenters. The molecule has 3 N–H and O–H groups in total. The number of aromatic nitrogens is 5. The summed E-state index contributed by atoms with van der Waals surface area (Å²) in [5, 5.41) is 9.47. The van der Waals surface area contributed by atoms with Crippen LogP contribution in [-0.4, -0.2) is 30.9 Å². The van der Waals surface area contributed by atoms with E-state index in [2.05, 4.69) is 27.6 Å². The van der Waals surface area contributed by atoms with Gasteiger partial charge < -0.3 is 20.0 Å². The van der Waals surface area contributed by atoms with Crippen molar-refractivity contribution in [3.8, 4) is 0 Å². The van der Waals surface area contributed by atoms with Crippen molar-refractivity contribution in [2.24, 2.45) is 7.05 Å². The first-order chi connectivity index (χ1) is 14.6. The monoisotopic (exact) mass is 423 g/mol. The lowest BCUT2D eigenvalue weighted by Gasteiger charge is -2.06. The lowest BCUT2D eigenvalue weighted by atomic mass is 10.1. The van der Waals surface area contributed by atoms with E-state index >= 15 is 0 Å². The molecule has 0 aliphatic carbocycles. The standard InChI is InChI=1S/C20H21N7O2S/c1-26-16-14(9-23-27(19(16)28)10-13-11-29-20(21)24-13)17-18(26)25-15(30-17)8-12-4-2-3-6-22-7-5-12/h4-5,7,9,11,22H,2-3,6,8,10H2,1H3,(H2,21,24)/b7-5-,12-4+. The minimum atomic E-state index is -0.194. The number of anilines is 1. The number of nitrogen functional groups attached to an aromatic ring is 1. The largest absolute Gasteiger partial charge is 0.432 e. The van der Waals surface area contributed by atoms with E-state index in [1.54, 1.807) is 17.5 Å². The van der Waals surface area contributed by atoms with Crippen LogP contribution in [0.2, 0.25) is 0 Å². The quantitative estimate of drug-likeness (QED) is 0.517. The topological polar surface area (TPSA) is 117 Å². The fourth-order valence-electron chi connectivity index (χ4n) is 3.68. The first-order valence-corrected chi connectivity index (χ1v) is 10.5. The van der Waals surface area contributed by atoms with E-state index in [-0.39, 0.29) is 18.1 Å². The average molecular weight is 424 g/mol. The maximum Gasteiger partial charge on any atom is 0.292 e. The van der Waals surface area contributed by atoms with Crippen LogP contribution in [0.15, 0.2) is 45.6 Å². The van der Waals surface area contributed by atoms with E-state index in [0.717, 1.165) is 46.5 Å². The maximum absolute atomic E-state index is 13.0. The van der Waals surface area contributed by atoms with Crippen molar-refractivity contribution in [1.29, 1.82) is 0 Å². The molecule has 10 heteroatoms. The third-order valence-electron chi connectivity index (χ3n) is 5.15. The highest BCUT2D eigenvalue weighted by Crippen LogP contribution is 2.32. The number of oxazole rings is 1. The van der Waals surface area contributed by atoms with Crippen LogP contribution >= 0.6 is 11.3 Å². The Labute approximate surface area is 175 Å². The second-order valence-corrected chi connectivity index (χ2v) is 8.34. The molecule has 5 rings (SSSR count). The van der Waals surface area contributed by atoms with Crippen LogP contribution in [0.25, 0.3) is 21.3 Å². The second-order valence-electron chi connectivity index (χ2n) is 7.25. The Morgan fingerprint density at radius 2 is 2.27 bits per heavy atom. The van der Waals surface area contributed by atoms with Crippen LogP contribution in [0.4, 0.5) is 6.01 Å². The van der Waals surface area contributed by atoms with Gasteiger partial charge in [0.25, 0.3) is 11.6 Å². The summed E-state index contributed by atoms with van der Waals surface area (Å²) in [5.74, 6) is 0. The molecule has 0 bridgehead atoms. The van der Waals surface area contributed by atoms with E-state index in [1.165, 1.54) is 16.5 Å². The summed E-state index contributed by atoms with van der Waals surface area (Å²) < 4.78 is 9.21. The molecule has 0 aromatic carbocycles. The van der Waals surface area contributed by atoms with Gasteiger partial charge in [-0.15, -0.1) is 11.3 Å².